The smallest absolute Gasteiger partial charge is 0.191 e. The Kier molecular flexibility index (Phi) is 2.69. The Morgan fingerprint density at radius 3 is 2.75 bits per heavy atom. The Balaban J connectivity index is 2.63. The second-order valence-corrected chi connectivity index (χ2v) is 3.19. The first kappa shape index (κ1) is 9.05. The number of nitrogens with zero attached hydrogens (tertiary/aromatic N) is 3. The van der Waals surface area contributed by atoms with Crippen LogP contribution in [0.3, 0.4) is 0 Å². The van der Waals surface area contributed by atoms with E-state index in [2.05, 4.69) is 10.2 Å². The third-order valence-electron chi connectivity index (χ3n) is 1.37. The molecule has 0 fully saturated rings. The molecule has 5 nitrogen and oxygen atoms in total. The molecule has 6 heteroatoms. The molecule has 0 bridgehead atoms. The van der Waals surface area contributed by atoms with Gasteiger partial charge in [0.25, 0.3) is 0 Å². The van der Waals surface area contributed by atoms with Crippen LogP contribution in [0.5, 0.6) is 0 Å². The van der Waals surface area contributed by atoms with Gasteiger partial charge in [-0.2, -0.15) is 0 Å². The van der Waals surface area contributed by atoms with Crippen LogP contribution in [0.1, 0.15) is 5.82 Å². The molecular weight excluding hydrogens is 178 g/mol. The van der Waals surface area contributed by atoms with Crippen molar-refractivity contribution in [3.05, 3.63) is 5.82 Å². The minimum atomic E-state index is -1.10. The summed E-state index contributed by atoms with van der Waals surface area (Å²) in [6, 6.07) is 0. The first-order valence-electron chi connectivity index (χ1n) is 3.30. The maximum atomic E-state index is 10.1. The summed E-state index contributed by atoms with van der Waals surface area (Å²) >= 11 is 1.10. The number of hydrogen-bond acceptors (Lipinski definition) is 5. The van der Waals surface area contributed by atoms with E-state index in [1.807, 2.05) is 0 Å². The highest BCUT2D eigenvalue weighted by atomic mass is 32.2. The Morgan fingerprint density at radius 2 is 2.33 bits per heavy atom. The molecule has 0 spiro atoms. The second-order valence-electron chi connectivity index (χ2n) is 2.25. The van der Waals surface area contributed by atoms with Gasteiger partial charge in [0.05, 0.1) is 5.97 Å². The van der Waals surface area contributed by atoms with Crippen molar-refractivity contribution < 1.29 is 9.90 Å². The summed E-state index contributed by atoms with van der Waals surface area (Å²) in [4.78, 5) is 10.1. The van der Waals surface area contributed by atoms with Crippen molar-refractivity contribution in [3.63, 3.8) is 0 Å². The van der Waals surface area contributed by atoms with E-state index in [9.17, 15) is 9.90 Å². The van der Waals surface area contributed by atoms with Gasteiger partial charge in [-0.05, 0) is 6.92 Å². The lowest BCUT2D eigenvalue weighted by Gasteiger charge is -2.01. The number of aryl methyl sites for hydroxylation is 1. The van der Waals surface area contributed by atoms with Gasteiger partial charge >= 0.3 is 0 Å². The van der Waals surface area contributed by atoms with Gasteiger partial charge in [0, 0.05) is 12.8 Å². The number of carboxylic acids is 1. The minimum Gasteiger partial charge on any atom is -0.549 e. The number of aromatic nitrogens is 3. The molecule has 0 N–H and O–H groups in total. The summed E-state index contributed by atoms with van der Waals surface area (Å²) in [5.41, 5.74) is 0. The lowest BCUT2D eigenvalue weighted by molar-refractivity contribution is -0.301. The van der Waals surface area contributed by atoms with Crippen molar-refractivity contribution in [2.45, 2.75) is 12.1 Å². The van der Waals surface area contributed by atoms with Crippen LogP contribution >= 0.6 is 11.8 Å². The SMILES string of the molecule is Cc1nnc(SCC(=O)[O-])n1C. The Morgan fingerprint density at radius 1 is 1.67 bits per heavy atom. The minimum absolute atomic E-state index is 0.0913. The molecule has 0 amide bonds. The molecule has 1 rings (SSSR count). The van der Waals surface area contributed by atoms with E-state index in [4.69, 9.17) is 0 Å². The Hall–Kier alpha value is -1.04. The van der Waals surface area contributed by atoms with Crippen molar-refractivity contribution >= 4 is 17.7 Å². The van der Waals surface area contributed by atoms with Gasteiger partial charge in [0.15, 0.2) is 5.16 Å². The second kappa shape index (κ2) is 3.57. The van der Waals surface area contributed by atoms with Crippen molar-refractivity contribution in [1.29, 1.82) is 0 Å². The van der Waals surface area contributed by atoms with Crippen LogP contribution in [-0.2, 0) is 11.8 Å². The van der Waals surface area contributed by atoms with Gasteiger partial charge in [0.2, 0.25) is 0 Å². The quantitative estimate of drug-likeness (QED) is 0.564. The van der Waals surface area contributed by atoms with Crippen LogP contribution < -0.4 is 5.11 Å². The summed E-state index contributed by atoms with van der Waals surface area (Å²) in [5.74, 6) is -0.428. The van der Waals surface area contributed by atoms with Gasteiger partial charge in [0.1, 0.15) is 5.82 Å². The molecule has 66 valence electrons. The fraction of sp³-hybridized carbons (Fsp3) is 0.500. The Bertz CT molecular complexity index is 297. The lowest BCUT2D eigenvalue weighted by Crippen LogP contribution is -2.24. The van der Waals surface area contributed by atoms with Crippen LogP contribution in [-0.4, -0.2) is 26.5 Å². The predicted octanol–water partition coefficient (Wildman–Crippen LogP) is -1.03. The van der Waals surface area contributed by atoms with Crippen LogP contribution in [0.15, 0.2) is 5.16 Å². The van der Waals surface area contributed by atoms with E-state index in [-0.39, 0.29) is 5.75 Å². The third-order valence-corrected chi connectivity index (χ3v) is 2.37. The van der Waals surface area contributed by atoms with Crippen LogP contribution in [0.4, 0.5) is 0 Å². The molecule has 12 heavy (non-hydrogen) atoms. The summed E-state index contributed by atoms with van der Waals surface area (Å²) < 4.78 is 1.73. The van der Waals surface area contributed by atoms with Gasteiger partial charge < -0.3 is 14.5 Å². The normalized spacial score (nSPS) is 10.2. The van der Waals surface area contributed by atoms with Crippen molar-refractivity contribution in [1.82, 2.24) is 14.8 Å². The number of rotatable bonds is 3. The molecule has 1 aromatic heterocycles. The van der Waals surface area contributed by atoms with Crippen LogP contribution in [0.25, 0.3) is 0 Å². The number of hydrogen-bond donors (Lipinski definition) is 0. The monoisotopic (exact) mass is 186 g/mol. The first-order chi connectivity index (χ1) is 5.61. The number of thioether (sulfide) groups is 1. The number of aliphatic carboxylic acids is 1. The highest BCUT2D eigenvalue weighted by Crippen LogP contribution is 2.13. The maximum Gasteiger partial charge on any atom is 0.191 e. The first-order valence-corrected chi connectivity index (χ1v) is 4.28. The van der Waals surface area contributed by atoms with Crippen molar-refractivity contribution in [2.75, 3.05) is 5.75 Å². The molecular formula is C6H8N3O2S-. The lowest BCUT2D eigenvalue weighted by atomic mass is 10.7. The zero-order valence-electron chi connectivity index (χ0n) is 6.77. The molecule has 0 saturated heterocycles. The zero-order chi connectivity index (χ0) is 9.14. The van der Waals surface area contributed by atoms with E-state index in [1.165, 1.54) is 0 Å². The summed E-state index contributed by atoms with van der Waals surface area (Å²) in [5, 5.41) is 18.2. The highest BCUT2D eigenvalue weighted by molar-refractivity contribution is 7.99. The molecule has 0 radical (unpaired) electrons. The molecule has 0 aliphatic rings. The number of carboxylic acid groups (broad SMARTS) is 1. The van der Waals surface area contributed by atoms with Crippen LogP contribution in [0.2, 0.25) is 0 Å². The van der Waals surface area contributed by atoms with Crippen molar-refractivity contribution in [2.24, 2.45) is 7.05 Å². The fourth-order valence-corrected chi connectivity index (χ4v) is 1.31. The molecule has 0 atom stereocenters. The predicted molar refractivity (Wildman–Crippen MR) is 41.5 cm³/mol. The maximum absolute atomic E-state index is 10.1. The highest BCUT2D eigenvalue weighted by Gasteiger charge is 2.04. The summed E-state index contributed by atoms with van der Waals surface area (Å²) in [6.07, 6.45) is 0. The number of carbonyl (C=O) groups excluding carboxylic acids is 1. The molecule has 0 aliphatic heterocycles. The molecule has 1 aromatic rings. The van der Waals surface area contributed by atoms with E-state index >= 15 is 0 Å². The van der Waals surface area contributed by atoms with Crippen LogP contribution in [0, 0.1) is 6.92 Å². The zero-order valence-corrected chi connectivity index (χ0v) is 7.59. The summed E-state index contributed by atoms with van der Waals surface area (Å²) in [7, 11) is 1.78. The van der Waals surface area contributed by atoms with Gasteiger partial charge in [-0.3, -0.25) is 0 Å². The average Bonchev–Trinajstić information content (AvgIpc) is 2.30. The van der Waals surface area contributed by atoms with E-state index in [0.29, 0.717) is 5.16 Å². The third kappa shape index (κ3) is 1.97. The van der Waals surface area contributed by atoms with E-state index < -0.39 is 5.97 Å². The van der Waals surface area contributed by atoms with E-state index in [0.717, 1.165) is 17.6 Å². The molecule has 0 aromatic carbocycles. The largest absolute Gasteiger partial charge is 0.549 e. The molecule has 0 saturated carbocycles. The van der Waals surface area contributed by atoms with E-state index in [1.54, 1.807) is 18.5 Å². The number of carbonyl (C=O) groups is 1. The molecule has 1 heterocycles. The fourth-order valence-electron chi connectivity index (χ4n) is 0.637. The summed E-state index contributed by atoms with van der Waals surface area (Å²) in [6.45, 7) is 1.80. The van der Waals surface area contributed by atoms with Gasteiger partial charge in [-0.25, -0.2) is 0 Å². The average molecular weight is 186 g/mol. The molecule has 0 unspecified atom stereocenters. The van der Waals surface area contributed by atoms with Crippen molar-refractivity contribution in [3.8, 4) is 0 Å². The Labute approximate surface area is 73.8 Å². The topological polar surface area (TPSA) is 70.8 Å². The van der Waals surface area contributed by atoms with Gasteiger partial charge in [-0.15, -0.1) is 10.2 Å². The van der Waals surface area contributed by atoms with Gasteiger partial charge in [-0.1, -0.05) is 11.8 Å². The standard InChI is InChI=1S/C6H9N3O2S/c1-4-7-8-6(9(4)2)12-3-5(10)11/h3H2,1-2H3,(H,10,11)/p-1. The molecule has 0 aliphatic carbocycles.